The van der Waals surface area contributed by atoms with Gasteiger partial charge in [0.2, 0.25) is 0 Å². The number of hydrogen-bond acceptors (Lipinski definition) is 2. The van der Waals surface area contributed by atoms with Gasteiger partial charge in [0.15, 0.2) is 0 Å². The molecule has 0 aromatic heterocycles. The van der Waals surface area contributed by atoms with Crippen LogP contribution in [0.1, 0.15) is 17.0 Å². The van der Waals surface area contributed by atoms with Gasteiger partial charge in [-0.25, -0.2) is 4.57 Å². The summed E-state index contributed by atoms with van der Waals surface area (Å²) in [7, 11) is -0.252. The zero-order valence-corrected chi connectivity index (χ0v) is 10.1. The van der Waals surface area contributed by atoms with E-state index in [1.165, 1.54) is 22.3 Å². The lowest BCUT2D eigenvalue weighted by Crippen LogP contribution is -2.02. The fourth-order valence-corrected chi connectivity index (χ4v) is 2.75. The Labute approximate surface area is 102 Å². The Morgan fingerprint density at radius 2 is 1.47 bits per heavy atom. The van der Waals surface area contributed by atoms with Gasteiger partial charge in [-0.2, -0.15) is 0 Å². The smallest absolute Gasteiger partial charge is 0.293 e. The van der Waals surface area contributed by atoms with E-state index in [4.69, 9.17) is 4.52 Å². The quantitative estimate of drug-likeness (QED) is 0.760. The third kappa shape index (κ3) is 1.70. The van der Waals surface area contributed by atoms with Crippen LogP contribution in [-0.4, -0.2) is 6.61 Å². The third-order valence-electron chi connectivity index (χ3n) is 3.26. The van der Waals surface area contributed by atoms with Gasteiger partial charge in [0.05, 0.1) is 6.61 Å². The van der Waals surface area contributed by atoms with E-state index in [2.05, 4.69) is 24.3 Å². The van der Waals surface area contributed by atoms with E-state index in [1.807, 2.05) is 24.3 Å². The minimum atomic E-state index is -0.252. The summed E-state index contributed by atoms with van der Waals surface area (Å²) in [5.41, 5.74) is 5.05. The summed E-state index contributed by atoms with van der Waals surface area (Å²) < 4.78 is 15.5. The second-order valence-electron chi connectivity index (χ2n) is 4.10. The molecule has 0 amide bonds. The average molecular weight is 242 g/mol. The molecule has 0 unspecified atom stereocenters. The highest BCUT2D eigenvalue weighted by Crippen LogP contribution is 2.44. The minimum Gasteiger partial charge on any atom is -0.293 e. The van der Waals surface area contributed by atoms with Crippen LogP contribution in [0.3, 0.4) is 0 Å². The van der Waals surface area contributed by atoms with Crippen molar-refractivity contribution in [1.29, 1.82) is 0 Å². The molecule has 1 aliphatic carbocycles. The summed E-state index contributed by atoms with van der Waals surface area (Å²) in [6.45, 7) is 0.457. The second kappa shape index (κ2) is 4.40. The van der Waals surface area contributed by atoms with Crippen LogP contribution in [0.25, 0.3) is 11.1 Å². The lowest BCUT2D eigenvalue weighted by Gasteiger charge is -2.10. The first-order chi connectivity index (χ1) is 8.42. The summed E-state index contributed by atoms with van der Waals surface area (Å²) >= 11 is 0. The molecule has 0 aliphatic heterocycles. The van der Waals surface area contributed by atoms with Crippen LogP contribution in [0.5, 0.6) is 0 Å². The maximum absolute atomic E-state index is 10.5. The molecule has 3 heteroatoms. The van der Waals surface area contributed by atoms with Crippen LogP contribution in [0.4, 0.5) is 0 Å². The van der Waals surface area contributed by atoms with Crippen molar-refractivity contribution < 1.29 is 9.09 Å². The topological polar surface area (TPSA) is 26.3 Å². The molecule has 0 spiro atoms. The third-order valence-corrected chi connectivity index (χ3v) is 3.51. The summed E-state index contributed by atoms with van der Waals surface area (Å²) in [4.78, 5) is 0. The van der Waals surface area contributed by atoms with Gasteiger partial charge < -0.3 is 0 Å². The SMILES string of the molecule is O=POCC1c2ccccc2-c2ccccc21. The molecule has 3 rings (SSSR count). The molecule has 0 saturated carbocycles. The van der Waals surface area contributed by atoms with Gasteiger partial charge in [0.25, 0.3) is 0 Å². The first-order valence-electron chi connectivity index (χ1n) is 5.54. The fourth-order valence-electron chi connectivity index (χ4n) is 2.54. The molecule has 0 radical (unpaired) electrons. The fraction of sp³-hybridized carbons (Fsp3) is 0.143. The summed E-state index contributed by atoms with van der Waals surface area (Å²) in [6, 6.07) is 16.6. The standard InChI is InChI=1S/C14H11O2P/c15-17-16-9-14-12-7-3-1-5-10(12)11-6-2-4-8-13(11)14/h1-8,14H,9H2. The molecular weight excluding hydrogens is 231 g/mol. The molecule has 17 heavy (non-hydrogen) atoms. The zero-order valence-electron chi connectivity index (χ0n) is 9.17. The van der Waals surface area contributed by atoms with Crippen molar-refractivity contribution in [2.75, 3.05) is 6.61 Å². The van der Waals surface area contributed by atoms with Crippen LogP contribution in [0.2, 0.25) is 0 Å². The molecule has 0 N–H and O–H groups in total. The van der Waals surface area contributed by atoms with E-state index in [1.54, 1.807) is 0 Å². The van der Waals surface area contributed by atoms with Gasteiger partial charge in [-0.15, -0.1) is 0 Å². The van der Waals surface area contributed by atoms with Crippen LogP contribution >= 0.6 is 8.69 Å². The number of rotatable bonds is 3. The van der Waals surface area contributed by atoms with E-state index < -0.39 is 0 Å². The van der Waals surface area contributed by atoms with Gasteiger partial charge in [0.1, 0.15) is 0 Å². The van der Waals surface area contributed by atoms with Crippen molar-refractivity contribution in [3.63, 3.8) is 0 Å². The molecule has 2 aromatic carbocycles. The van der Waals surface area contributed by atoms with Crippen molar-refractivity contribution in [2.45, 2.75) is 5.92 Å². The van der Waals surface area contributed by atoms with Gasteiger partial charge >= 0.3 is 8.69 Å². The Hall–Kier alpha value is -1.50. The van der Waals surface area contributed by atoms with Crippen LogP contribution < -0.4 is 0 Å². The molecule has 1 aliphatic rings. The Morgan fingerprint density at radius 1 is 0.941 bits per heavy atom. The van der Waals surface area contributed by atoms with Crippen LogP contribution in [-0.2, 0) is 9.09 Å². The summed E-state index contributed by atoms with van der Waals surface area (Å²) in [5.74, 6) is 0.198. The minimum absolute atomic E-state index is 0.198. The van der Waals surface area contributed by atoms with E-state index in [0.29, 0.717) is 6.61 Å². The highest BCUT2D eigenvalue weighted by atomic mass is 31.1. The van der Waals surface area contributed by atoms with E-state index in [0.717, 1.165) is 0 Å². The molecular formula is C14H11O2P. The number of benzene rings is 2. The van der Waals surface area contributed by atoms with Gasteiger partial charge in [-0.3, -0.25) is 4.52 Å². The molecule has 84 valence electrons. The Kier molecular flexibility index (Phi) is 2.76. The lowest BCUT2D eigenvalue weighted by molar-refractivity contribution is 0.329. The van der Waals surface area contributed by atoms with E-state index in [-0.39, 0.29) is 14.6 Å². The molecule has 2 aromatic rings. The average Bonchev–Trinajstić information content (AvgIpc) is 2.71. The molecule has 0 heterocycles. The monoisotopic (exact) mass is 242 g/mol. The van der Waals surface area contributed by atoms with Crippen molar-refractivity contribution in [3.8, 4) is 11.1 Å². The molecule has 0 fully saturated rings. The molecule has 2 nitrogen and oxygen atoms in total. The maximum Gasteiger partial charge on any atom is 0.327 e. The van der Waals surface area contributed by atoms with E-state index in [9.17, 15) is 4.57 Å². The normalized spacial score (nSPS) is 13.6. The first kappa shape index (κ1) is 10.6. The van der Waals surface area contributed by atoms with Gasteiger partial charge in [-0.05, 0) is 22.3 Å². The lowest BCUT2D eigenvalue weighted by atomic mass is 9.98. The predicted octanol–water partition coefficient (Wildman–Crippen LogP) is 4.02. The first-order valence-corrected chi connectivity index (χ1v) is 6.27. The Morgan fingerprint density at radius 3 is 2.00 bits per heavy atom. The molecule has 0 atom stereocenters. The summed E-state index contributed by atoms with van der Waals surface area (Å²) in [5, 5.41) is 0. The Bertz CT molecular complexity index is 520. The van der Waals surface area contributed by atoms with Crippen LogP contribution in [0.15, 0.2) is 48.5 Å². The number of hydrogen-bond donors (Lipinski definition) is 0. The highest BCUT2D eigenvalue weighted by Gasteiger charge is 2.27. The second-order valence-corrected chi connectivity index (χ2v) is 4.50. The van der Waals surface area contributed by atoms with Crippen molar-refractivity contribution in [2.24, 2.45) is 0 Å². The Balaban J connectivity index is 2.13. The highest BCUT2D eigenvalue weighted by molar-refractivity contribution is 7.17. The van der Waals surface area contributed by atoms with Crippen LogP contribution in [0, 0.1) is 0 Å². The molecule has 0 saturated heterocycles. The van der Waals surface area contributed by atoms with Gasteiger partial charge in [0, 0.05) is 5.92 Å². The maximum atomic E-state index is 10.5. The molecule has 0 bridgehead atoms. The largest absolute Gasteiger partial charge is 0.327 e. The van der Waals surface area contributed by atoms with Gasteiger partial charge in [-0.1, -0.05) is 48.5 Å². The predicted molar refractivity (Wildman–Crippen MR) is 67.3 cm³/mol. The van der Waals surface area contributed by atoms with Crippen molar-refractivity contribution in [3.05, 3.63) is 59.7 Å². The van der Waals surface area contributed by atoms with Crippen molar-refractivity contribution >= 4 is 8.69 Å². The van der Waals surface area contributed by atoms with E-state index >= 15 is 0 Å². The number of fused-ring (bicyclic) bond motifs is 3. The van der Waals surface area contributed by atoms with Crippen molar-refractivity contribution in [1.82, 2.24) is 0 Å². The zero-order chi connectivity index (χ0) is 11.7. The summed E-state index contributed by atoms with van der Waals surface area (Å²) in [6.07, 6.45) is 0.